The molecule has 0 aliphatic heterocycles. The highest BCUT2D eigenvalue weighted by Crippen LogP contribution is 2.28. The molecule has 0 fully saturated rings. The molecule has 0 bridgehead atoms. The van der Waals surface area contributed by atoms with E-state index in [1.54, 1.807) is 13.8 Å². The minimum atomic E-state index is -0.978. The Kier molecular flexibility index (Phi) is 5.39. The molecule has 0 unspecified atom stereocenters. The van der Waals surface area contributed by atoms with Crippen LogP contribution in [0.2, 0.25) is 0 Å². The Morgan fingerprint density at radius 3 is 2.48 bits per heavy atom. The average molecular weight is 309 g/mol. The van der Waals surface area contributed by atoms with Gasteiger partial charge in [0, 0.05) is 4.88 Å². The topological polar surface area (TPSA) is 66.4 Å². The minimum Gasteiger partial charge on any atom is -0.480 e. The number of carboxylic acid groups (broad SMARTS) is 1. The number of hydrogen-bond acceptors (Lipinski definition) is 3. The Bertz CT molecular complexity index is 496. The fraction of sp³-hybridized carbons (Fsp3) is 0.625. The molecule has 4 nitrogen and oxygen atoms in total. The Hall–Kier alpha value is -1.36. The molecule has 0 saturated heterocycles. The van der Waals surface area contributed by atoms with E-state index in [0.29, 0.717) is 4.88 Å². The average Bonchev–Trinajstić information content (AvgIpc) is 2.77. The van der Waals surface area contributed by atoms with Crippen LogP contribution in [0.4, 0.5) is 0 Å². The van der Waals surface area contributed by atoms with E-state index in [0.717, 1.165) is 12.8 Å². The first-order valence-electron chi connectivity index (χ1n) is 7.64. The van der Waals surface area contributed by atoms with Gasteiger partial charge in [0.15, 0.2) is 0 Å². The van der Waals surface area contributed by atoms with Crippen LogP contribution in [0.1, 0.15) is 59.6 Å². The molecule has 1 aliphatic carbocycles. The van der Waals surface area contributed by atoms with E-state index in [2.05, 4.69) is 5.32 Å². The van der Waals surface area contributed by atoms with Crippen LogP contribution in [0.3, 0.4) is 0 Å². The summed E-state index contributed by atoms with van der Waals surface area (Å²) < 4.78 is 0. The molecular weight excluding hydrogens is 286 g/mol. The zero-order chi connectivity index (χ0) is 15.4. The van der Waals surface area contributed by atoms with E-state index in [1.165, 1.54) is 47.5 Å². The molecule has 1 aromatic heterocycles. The second-order valence-electron chi connectivity index (χ2n) is 6.01. The van der Waals surface area contributed by atoms with Crippen molar-refractivity contribution in [3.8, 4) is 0 Å². The monoisotopic (exact) mass is 309 g/mol. The first-order chi connectivity index (χ1) is 9.99. The summed E-state index contributed by atoms with van der Waals surface area (Å²) in [6.45, 7) is 3.60. The highest BCUT2D eigenvalue weighted by Gasteiger charge is 2.25. The van der Waals surface area contributed by atoms with Crippen molar-refractivity contribution in [2.75, 3.05) is 0 Å². The van der Waals surface area contributed by atoms with Crippen LogP contribution >= 0.6 is 11.3 Å². The van der Waals surface area contributed by atoms with Crippen molar-refractivity contribution >= 4 is 23.2 Å². The lowest BCUT2D eigenvalue weighted by Gasteiger charge is -2.17. The molecule has 5 heteroatoms. The molecule has 21 heavy (non-hydrogen) atoms. The summed E-state index contributed by atoms with van der Waals surface area (Å²) in [5.74, 6) is -1.37. The third kappa shape index (κ3) is 4.06. The smallest absolute Gasteiger partial charge is 0.326 e. The molecule has 0 radical (unpaired) electrons. The van der Waals surface area contributed by atoms with Crippen LogP contribution < -0.4 is 5.32 Å². The Labute approximate surface area is 129 Å². The number of carbonyl (C=O) groups excluding carboxylic acids is 1. The zero-order valence-electron chi connectivity index (χ0n) is 12.6. The molecule has 1 aliphatic rings. The standard InChI is InChI=1S/C16H23NO3S/c1-10(2)14(16(19)20)17-15(18)13-9-11-7-5-3-4-6-8-12(11)21-13/h9-10,14H,3-8H2,1-2H3,(H,17,18)(H,19,20)/t14-/m1/s1. The number of nitrogens with one attached hydrogen (secondary N) is 1. The van der Waals surface area contributed by atoms with Crippen molar-refractivity contribution in [1.82, 2.24) is 5.32 Å². The van der Waals surface area contributed by atoms with Crippen LogP contribution in [0, 0.1) is 5.92 Å². The second kappa shape index (κ2) is 7.07. The van der Waals surface area contributed by atoms with Crippen LogP contribution in [0.25, 0.3) is 0 Å². The molecule has 1 aromatic rings. The Balaban J connectivity index is 2.12. The van der Waals surface area contributed by atoms with Gasteiger partial charge in [0.2, 0.25) is 0 Å². The van der Waals surface area contributed by atoms with E-state index in [4.69, 9.17) is 5.11 Å². The third-order valence-electron chi connectivity index (χ3n) is 3.94. The molecule has 0 aromatic carbocycles. The quantitative estimate of drug-likeness (QED) is 0.897. The second-order valence-corrected chi connectivity index (χ2v) is 7.14. The summed E-state index contributed by atoms with van der Waals surface area (Å²) in [5.41, 5.74) is 1.28. The van der Waals surface area contributed by atoms with E-state index in [1.807, 2.05) is 6.07 Å². The maximum atomic E-state index is 12.3. The van der Waals surface area contributed by atoms with Crippen LogP contribution in [-0.4, -0.2) is 23.0 Å². The number of aryl methyl sites for hydroxylation is 2. The van der Waals surface area contributed by atoms with Gasteiger partial charge in [0.05, 0.1) is 4.88 Å². The molecule has 0 saturated carbocycles. The van der Waals surface area contributed by atoms with E-state index < -0.39 is 12.0 Å². The van der Waals surface area contributed by atoms with Gasteiger partial charge in [0.1, 0.15) is 6.04 Å². The van der Waals surface area contributed by atoms with E-state index >= 15 is 0 Å². The van der Waals surface area contributed by atoms with Crippen molar-refractivity contribution in [3.05, 3.63) is 21.4 Å². The van der Waals surface area contributed by atoms with Gasteiger partial charge in [-0.3, -0.25) is 4.79 Å². The maximum Gasteiger partial charge on any atom is 0.326 e. The summed E-state index contributed by atoms with van der Waals surface area (Å²) in [4.78, 5) is 25.4. The largest absolute Gasteiger partial charge is 0.480 e. The molecule has 2 rings (SSSR count). The predicted octanol–water partition coefficient (Wildman–Crippen LogP) is 3.25. The lowest BCUT2D eigenvalue weighted by molar-refractivity contribution is -0.140. The maximum absolute atomic E-state index is 12.3. The third-order valence-corrected chi connectivity index (χ3v) is 5.18. The lowest BCUT2D eigenvalue weighted by Crippen LogP contribution is -2.44. The Morgan fingerprint density at radius 2 is 1.86 bits per heavy atom. The van der Waals surface area contributed by atoms with Crippen LogP contribution in [0.15, 0.2) is 6.07 Å². The van der Waals surface area contributed by atoms with E-state index in [9.17, 15) is 9.59 Å². The van der Waals surface area contributed by atoms with Gasteiger partial charge >= 0.3 is 5.97 Å². The molecule has 1 amide bonds. The summed E-state index contributed by atoms with van der Waals surface area (Å²) in [6, 6.07) is 1.13. The molecular formula is C16H23NO3S. The molecule has 0 spiro atoms. The Morgan fingerprint density at radius 1 is 1.19 bits per heavy atom. The van der Waals surface area contributed by atoms with Gasteiger partial charge in [0.25, 0.3) is 5.91 Å². The summed E-state index contributed by atoms with van der Waals surface area (Å²) in [5, 5.41) is 11.8. The van der Waals surface area contributed by atoms with Gasteiger partial charge in [-0.25, -0.2) is 4.79 Å². The van der Waals surface area contributed by atoms with Gasteiger partial charge in [-0.2, -0.15) is 0 Å². The van der Waals surface area contributed by atoms with Crippen molar-refractivity contribution < 1.29 is 14.7 Å². The van der Waals surface area contributed by atoms with Crippen molar-refractivity contribution in [1.29, 1.82) is 0 Å². The summed E-state index contributed by atoms with van der Waals surface area (Å²) in [6.07, 6.45) is 6.94. The van der Waals surface area contributed by atoms with Crippen LogP contribution in [0.5, 0.6) is 0 Å². The van der Waals surface area contributed by atoms with Crippen molar-refractivity contribution in [2.24, 2.45) is 5.92 Å². The number of fused-ring (bicyclic) bond motifs is 1. The number of carboxylic acids is 1. The predicted molar refractivity (Wildman–Crippen MR) is 83.9 cm³/mol. The number of aliphatic carboxylic acids is 1. The SMILES string of the molecule is CC(C)[C@@H](NC(=O)c1cc2c(s1)CCCCCC2)C(=O)O. The van der Waals surface area contributed by atoms with Gasteiger partial charge in [-0.05, 0) is 43.2 Å². The first kappa shape index (κ1) is 16.0. The van der Waals surface area contributed by atoms with Gasteiger partial charge in [-0.15, -0.1) is 11.3 Å². The normalized spacial score (nSPS) is 16.7. The highest BCUT2D eigenvalue weighted by atomic mass is 32.1. The molecule has 116 valence electrons. The molecule has 2 N–H and O–H groups in total. The molecule has 1 heterocycles. The molecule has 1 atom stereocenters. The van der Waals surface area contributed by atoms with Crippen molar-refractivity contribution in [3.63, 3.8) is 0 Å². The summed E-state index contributed by atoms with van der Waals surface area (Å²) in [7, 11) is 0. The number of hydrogen-bond donors (Lipinski definition) is 2. The number of rotatable bonds is 4. The van der Waals surface area contributed by atoms with Gasteiger partial charge in [-0.1, -0.05) is 26.7 Å². The zero-order valence-corrected chi connectivity index (χ0v) is 13.5. The number of amides is 1. The number of thiophene rings is 1. The fourth-order valence-electron chi connectivity index (χ4n) is 2.68. The highest BCUT2D eigenvalue weighted by molar-refractivity contribution is 7.14. The van der Waals surface area contributed by atoms with Gasteiger partial charge < -0.3 is 10.4 Å². The number of carbonyl (C=O) groups is 2. The van der Waals surface area contributed by atoms with Crippen LogP contribution in [-0.2, 0) is 17.6 Å². The fourth-order valence-corrected chi connectivity index (χ4v) is 3.84. The first-order valence-corrected chi connectivity index (χ1v) is 8.46. The van der Waals surface area contributed by atoms with E-state index in [-0.39, 0.29) is 11.8 Å². The van der Waals surface area contributed by atoms with Crippen molar-refractivity contribution in [2.45, 2.75) is 58.4 Å². The lowest BCUT2D eigenvalue weighted by atomic mass is 9.99. The summed E-state index contributed by atoms with van der Waals surface area (Å²) >= 11 is 1.53. The minimum absolute atomic E-state index is 0.132.